The molecule has 0 aromatic heterocycles. The fraction of sp³-hybridized carbons (Fsp3) is 0.621. The van der Waals surface area contributed by atoms with Gasteiger partial charge in [0.25, 0.3) is 11.8 Å². The van der Waals surface area contributed by atoms with Crippen molar-refractivity contribution in [2.75, 3.05) is 37.7 Å². The second-order valence-electron chi connectivity index (χ2n) is 12.2. The van der Waals surface area contributed by atoms with Gasteiger partial charge in [0.1, 0.15) is 11.4 Å². The van der Waals surface area contributed by atoms with Gasteiger partial charge in [0, 0.05) is 43.1 Å². The standard InChI is InChI=1S/C29H40N4O6S2/c1-20-4-6-23(7-5-20)26-30-28(35)29(31-26)9-11-33(12-10-29)41(38,39)15-8-25-21(2)18-24(19-22(25)3)27(34)32-13-16-40(36,37)17-14-32/h8,15,18-20,23H,4-7,9-14,16-17H2,1-3H3,(H,30,31,35). The molecular weight excluding hydrogens is 564 g/mol. The van der Waals surface area contributed by atoms with Crippen LogP contribution in [0, 0.1) is 25.7 Å². The molecule has 10 nitrogen and oxygen atoms in total. The van der Waals surface area contributed by atoms with Crippen LogP contribution in [-0.2, 0) is 24.7 Å². The molecule has 5 rings (SSSR count). The van der Waals surface area contributed by atoms with Crippen molar-refractivity contribution in [3.05, 3.63) is 39.8 Å². The molecule has 2 amide bonds. The summed E-state index contributed by atoms with van der Waals surface area (Å²) in [6.07, 6.45) is 6.59. The van der Waals surface area contributed by atoms with E-state index in [1.165, 1.54) is 9.71 Å². The first-order valence-electron chi connectivity index (χ1n) is 14.5. The molecule has 4 aliphatic rings. The summed E-state index contributed by atoms with van der Waals surface area (Å²) < 4.78 is 51.3. The van der Waals surface area contributed by atoms with Gasteiger partial charge in [-0.3, -0.25) is 14.6 Å². The summed E-state index contributed by atoms with van der Waals surface area (Å²) in [6, 6.07) is 3.44. The summed E-state index contributed by atoms with van der Waals surface area (Å²) in [6.45, 7) is 6.68. The normalized spacial score (nSPS) is 26.8. The van der Waals surface area contributed by atoms with Crippen molar-refractivity contribution in [2.45, 2.75) is 64.8 Å². The molecule has 1 spiro atoms. The van der Waals surface area contributed by atoms with Gasteiger partial charge in [-0.1, -0.05) is 19.8 Å². The molecule has 12 heteroatoms. The molecule has 0 unspecified atom stereocenters. The zero-order valence-electron chi connectivity index (χ0n) is 24.1. The van der Waals surface area contributed by atoms with Gasteiger partial charge in [-0.05, 0) is 80.3 Å². The van der Waals surface area contributed by atoms with E-state index in [0.29, 0.717) is 29.9 Å². The second-order valence-corrected chi connectivity index (χ2v) is 16.3. The minimum Gasteiger partial charge on any atom is -0.337 e. The number of hydrogen-bond acceptors (Lipinski definition) is 7. The van der Waals surface area contributed by atoms with E-state index in [2.05, 4.69) is 12.2 Å². The molecule has 41 heavy (non-hydrogen) atoms. The Bertz CT molecular complexity index is 1460. The van der Waals surface area contributed by atoms with Crippen LogP contribution in [0.25, 0.3) is 6.08 Å². The molecule has 0 atom stereocenters. The lowest BCUT2D eigenvalue weighted by molar-refractivity contribution is -0.125. The number of nitrogens with zero attached hydrogens (tertiary/aromatic N) is 3. The highest BCUT2D eigenvalue weighted by molar-refractivity contribution is 7.92. The summed E-state index contributed by atoms with van der Waals surface area (Å²) >= 11 is 0. The smallest absolute Gasteiger partial charge is 0.253 e. The number of aliphatic imine (C=N–C) groups is 1. The van der Waals surface area contributed by atoms with Crippen LogP contribution in [0.3, 0.4) is 0 Å². The van der Waals surface area contributed by atoms with Crippen molar-refractivity contribution >= 4 is 43.6 Å². The maximum absolute atomic E-state index is 13.2. The SMILES string of the molecule is Cc1cc(C(=O)N2CCS(=O)(=O)CC2)cc(C)c1C=CS(=O)(=O)N1CCC2(CC1)N=C(C1CCC(C)CC1)NC2=O. The Morgan fingerprint density at radius 2 is 1.61 bits per heavy atom. The van der Waals surface area contributed by atoms with Gasteiger partial charge < -0.3 is 10.2 Å². The van der Waals surface area contributed by atoms with Crippen molar-refractivity contribution < 1.29 is 26.4 Å². The lowest BCUT2D eigenvalue weighted by Crippen LogP contribution is -2.50. The predicted molar refractivity (Wildman–Crippen MR) is 159 cm³/mol. The van der Waals surface area contributed by atoms with Crippen molar-refractivity contribution in [3.8, 4) is 0 Å². The fourth-order valence-corrected chi connectivity index (χ4v) is 8.79. The molecule has 2 saturated heterocycles. The number of aryl methyl sites for hydroxylation is 2. The van der Waals surface area contributed by atoms with Crippen LogP contribution in [0.1, 0.15) is 72.5 Å². The maximum Gasteiger partial charge on any atom is 0.253 e. The average Bonchev–Trinajstić information content (AvgIpc) is 3.23. The Balaban J connectivity index is 1.24. The quantitative estimate of drug-likeness (QED) is 0.550. The molecule has 0 radical (unpaired) electrons. The van der Waals surface area contributed by atoms with Crippen LogP contribution in [-0.4, -0.2) is 86.9 Å². The highest BCUT2D eigenvalue weighted by Gasteiger charge is 2.48. The van der Waals surface area contributed by atoms with Crippen LogP contribution < -0.4 is 5.32 Å². The molecule has 1 N–H and O–H groups in total. The fourth-order valence-electron chi connectivity index (χ4n) is 6.42. The number of amidine groups is 1. The number of amides is 2. The van der Waals surface area contributed by atoms with Crippen molar-refractivity contribution in [3.63, 3.8) is 0 Å². The molecular formula is C29H40N4O6S2. The topological polar surface area (TPSA) is 133 Å². The number of benzene rings is 1. The molecule has 1 aromatic carbocycles. The van der Waals surface area contributed by atoms with E-state index in [0.717, 1.165) is 42.6 Å². The first-order valence-corrected chi connectivity index (χ1v) is 17.8. The van der Waals surface area contributed by atoms with Crippen LogP contribution in [0.4, 0.5) is 0 Å². The van der Waals surface area contributed by atoms with Gasteiger partial charge in [-0.25, -0.2) is 16.8 Å². The third-order valence-corrected chi connectivity index (χ3v) is 12.4. The Kier molecular flexibility index (Phi) is 8.21. The third-order valence-electron chi connectivity index (χ3n) is 9.19. The molecule has 1 aromatic rings. The Hall–Kier alpha value is -2.57. The summed E-state index contributed by atoms with van der Waals surface area (Å²) in [5, 5.41) is 4.22. The monoisotopic (exact) mass is 604 g/mol. The first kappa shape index (κ1) is 29.9. The summed E-state index contributed by atoms with van der Waals surface area (Å²) in [5.74, 6) is 1.37. The van der Waals surface area contributed by atoms with Crippen molar-refractivity contribution in [2.24, 2.45) is 16.8 Å². The summed E-state index contributed by atoms with van der Waals surface area (Å²) in [4.78, 5) is 32.3. The van der Waals surface area contributed by atoms with Gasteiger partial charge >= 0.3 is 0 Å². The maximum atomic E-state index is 13.2. The van der Waals surface area contributed by atoms with Crippen molar-refractivity contribution in [1.82, 2.24) is 14.5 Å². The van der Waals surface area contributed by atoms with Gasteiger partial charge in [-0.2, -0.15) is 4.31 Å². The zero-order valence-corrected chi connectivity index (χ0v) is 25.7. The summed E-state index contributed by atoms with van der Waals surface area (Å²) in [5.41, 5.74) is 1.80. The number of hydrogen-bond donors (Lipinski definition) is 1. The number of carbonyl (C=O) groups excluding carboxylic acids is 2. The Morgan fingerprint density at radius 3 is 2.20 bits per heavy atom. The zero-order chi connectivity index (χ0) is 29.6. The van der Waals surface area contributed by atoms with Crippen molar-refractivity contribution in [1.29, 1.82) is 0 Å². The van der Waals surface area contributed by atoms with E-state index in [1.807, 2.05) is 13.8 Å². The number of piperidine rings is 1. The largest absolute Gasteiger partial charge is 0.337 e. The molecule has 3 heterocycles. The molecule has 3 aliphatic heterocycles. The lowest BCUT2D eigenvalue weighted by Gasteiger charge is -2.34. The van der Waals surface area contributed by atoms with Crippen LogP contribution in [0.2, 0.25) is 0 Å². The van der Waals surface area contributed by atoms with E-state index in [1.54, 1.807) is 23.1 Å². The number of rotatable bonds is 5. The van der Waals surface area contributed by atoms with Crippen LogP contribution >= 0.6 is 0 Å². The molecule has 1 aliphatic carbocycles. The van der Waals surface area contributed by atoms with E-state index < -0.39 is 25.4 Å². The number of nitrogens with one attached hydrogen (secondary N) is 1. The van der Waals surface area contributed by atoms with E-state index in [-0.39, 0.29) is 55.4 Å². The second kappa shape index (κ2) is 11.3. The van der Waals surface area contributed by atoms with Crippen LogP contribution in [0.15, 0.2) is 22.5 Å². The average molecular weight is 605 g/mol. The Morgan fingerprint density at radius 1 is 1.02 bits per heavy atom. The number of carbonyl (C=O) groups is 2. The minimum absolute atomic E-state index is 0.0367. The van der Waals surface area contributed by atoms with Gasteiger partial charge in [0.15, 0.2) is 9.84 Å². The predicted octanol–water partition coefficient (Wildman–Crippen LogP) is 2.66. The van der Waals surface area contributed by atoms with E-state index in [4.69, 9.17) is 4.99 Å². The third kappa shape index (κ3) is 6.29. The van der Waals surface area contributed by atoms with E-state index >= 15 is 0 Å². The number of sulfonamides is 1. The highest BCUT2D eigenvalue weighted by Crippen LogP contribution is 2.36. The molecule has 3 fully saturated rings. The molecule has 0 bridgehead atoms. The number of sulfone groups is 1. The van der Waals surface area contributed by atoms with E-state index in [9.17, 15) is 26.4 Å². The summed E-state index contributed by atoms with van der Waals surface area (Å²) in [7, 11) is -6.83. The minimum atomic E-state index is -3.73. The van der Waals surface area contributed by atoms with Gasteiger partial charge in [-0.15, -0.1) is 0 Å². The van der Waals surface area contributed by atoms with Gasteiger partial charge in [0.2, 0.25) is 10.0 Å². The molecule has 224 valence electrons. The first-order chi connectivity index (χ1) is 19.3. The Labute approximate surface area is 243 Å². The highest BCUT2D eigenvalue weighted by atomic mass is 32.2. The van der Waals surface area contributed by atoms with Gasteiger partial charge in [0.05, 0.1) is 11.5 Å². The lowest BCUT2D eigenvalue weighted by atomic mass is 9.82. The molecule has 1 saturated carbocycles. The van der Waals surface area contributed by atoms with Crippen LogP contribution in [0.5, 0.6) is 0 Å².